The third-order valence-electron chi connectivity index (χ3n) is 3.38. The van der Waals surface area contributed by atoms with E-state index in [1.165, 1.54) is 0 Å². The van der Waals surface area contributed by atoms with Gasteiger partial charge in [-0.15, -0.1) is 36.2 Å². The summed E-state index contributed by atoms with van der Waals surface area (Å²) in [6, 6.07) is 0.260. The summed E-state index contributed by atoms with van der Waals surface area (Å²) < 4.78 is 0. The van der Waals surface area contributed by atoms with Crippen LogP contribution in [0.4, 0.5) is 0 Å². The summed E-state index contributed by atoms with van der Waals surface area (Å²) in [5.74, 6) is 0.727. The highest BCUT2D eigenvalue weighted by Crippen LogP contribution is 2.23. The molecular formula is C14H25Cl2N3OS. The Bertz CT molecular complexity index is 465. The van der Waals surface area contributed by atoms with Crippen molar-refractivity contribution in [3.8, 4) is 0 Å². The minimum atomic E-state index is 0. The van der Waals surface area contributed by atoms with Crippen molar-refractivity contribution < 1.29 is 4.79 Å². The minimum absolute atomic E-state index is 0. The number of rotatable bonds is 3. The molecule has 1 aromatic heterocycles. The predicted molar refractivity (Wildman–Crippen MR) is 93.3 cm³/mol. The smallest absolute Gasteiger partial charge is 0.266 e. The highest BCUT2D eigenvalue weighted by molar-refractivity contribution is 7.13. The molecule has 0 aliphatic carbocycles. The maximum absolute atomic E-state index is 12.6. The van der Waals surface area contributed by atoms with Crippen molar-refractivity contribution in [2.45, 2.75) is 40.2 Å². The molecule has 21 heavy (non-hydrogen) atoms. The summed E-state index contributed by atoms with van der Waals surface area (Å²) in [6.07, 6.45) is 0.954. The number of hydrogen-bond donors (Lipinski definition) is 1. The van der Waals surface area contributed by atoms with E-state index < -0.39 is 0 Å². The Morgan fingerprint density at radius 2 is 2.14 bits per heavy atom. The molecule has 0 saturated carbocycles. The van der Waals surface area contributed by atoms with Crippen LogP contribution in [-0.4, -0.2) is 41.5 Å². The first kappa shape index (κ1) is 20.6. The molecule has 0 bridgehead atoms. The Morgan fingerprint density at radius 3 is 2.71 bits per heavy atom. The molecule has 0 spiro atoms. The van der Waals surface area contributed by atoms with Crippen LogP contribution in [0.3, 0.4) is 0 Å². The van der Waals surface area contributed by atoms with Gasteiger partial charge in [-0.05, 0) is 19.8 Å². The van der Waals surface area contributed by atoms with Gasteiger partial charge in [0.2, 0.25) is 0 Å². The molecule has 2 rings (SSSR count). The molecule has 1 aliphatic heterocycles. The molecule has 1 atom stereocenters. The summed E-state index contributed by atoms with van der Waals surface area (Å²) in [5.41, 5.74) is 0.886. The van der Waals surface area contributed by atoms with Crippen molar-refractivity contribution in [1.82, 2.24) is 15.2 Å². The van der Waals surface area contributed by atoms with Crippen molar-refractivity contribution in [3.63, 3.8) is 0 Å². The molecule has 1 aliphatic rings. The van der Waals surface area contributed by atoms with Gasteiger partial charge in [-0.2, -0.15) is 0 Å². The number of halogens is 2. The van der Waals surface area contributed by atoms with Crippen molar-refractivity contribution >= 4 is 42.1 Å². The van der Waals surface area contributed by atoms with E-state index in [9.17, 15) is 4.79 Å². The second kappa shape index (κ2) is 8.93. The fraction of sp³-hybridized carbons (Fsp3) is 0.714. The maximum Gasteiger partial charge on any atom is 0.266 e. The third-order valence-corrected chi connectivity index (χ3v) is 4.55. The van der Waals surface area contributed by atoms with Gasteiger partial charge in [0, 0.05) is 32.1 Å². The summed E-state index contributed by atoms with van der Waals surface area (Å²) in [4.78, 5) is 19.9. The van der Waals surface area contributed by atoms with Crippen molar-refractivity contribution in [3.05, 3.63) is 15.6 Å². The molecule has 7 heteroatoms. The number of aromatic nitrogens is 1. The number of amides is 1. The minimum Gasteiger partial charge on any atom is -0.333 e. The van der Waals surface area contributed by atoms with Gasteiger partial charge in [-0.3, -0.25) is 4.79 Å². The fourth-order valence-electron chi connectivity index (χ4n) is 2.36. The van der Waals surface area contributed by atoms with Gasteiger partial charge in [0.25, 0.3) is 5.91 Å². The molecule has 0 unspecified atom stereocenters. The van der Waals surface area contributed by atoms with E-state index in [1.807, 2.05) is 11.8 Å². The topological polar surface area (TPSA) is 45.2 Å². The first-order valence-electron chi connectivity index (χ1n) is 6.97. The average molecular weight is 354 g/mol. The Kier molecular flexibility index (Phi) is 8.78. The van der Waals surface area contributed by atoms with Gasteiger partial charge >= 0.3 is 0 Å². The zero-order chi connectivity index (χ0) is 14.0. The molecule has 0 radical (unpaired) electrons. The van der Waals surface area contributed by atoms with Gasteiger partial charge in [-0.25, -0.2) is 4.98 Å². The molecule has 0 aromatic carbocycles. The first-order valence-corrected chi connectivity index (χ1v) is 7.78. The lowest BCUT2D eigenvalue weighted by Gasteiger charge is -2.33. The van der Waals surface area contributed by atoms with E-state index in [2.05, 4.69) is 31.1 Å². The van der Waals surface area contributed by atoms with E-state index in [0.717, 1.165) is 41.6 Å². The number of carbonyl (C=O) groups excluding carboxylic acids is 1. The van der Waals surface area contributed by atoms with Gasteiger partial charge in [-0.1, -0.05) is 13.8 Å². The Morgan fingerprint density at radius 1 is 1.48 bits per heavy atom. The monoisotopic (exact) mass is 353 g/mol. The summed E-state index contributed by atoms with van der Waals surface area (Å²) >= 11 is 1.57. The van der Waals surface area contributed by atoms with Crippen LogP contribution >= 0.6 is 36.2 Å². The first-order chi connectivity index (χ1) is 8.99. The number of aryl methyl sites for hydroxylation is 1. The van der Waals surface area contributed by atoms with E-state index in [4.69, 9.17) is 0 Å². The van der Waals surface area contributed by atoms with Gasteiger partial charge in [0.05, 0.1) is 10.7 Å². The molecular weight excluding hydrogens is 329 g/mol. The molecule has 2 heterocycles. The normalized spacial score (nSPS) is 18.1. The summed E-state index contributed by atoms with van der Waals surface area (Å²) in [7, 11) is 0. The number of thiazole rings is 1. The SMILES string of the molecule is Cc1nc(CC(C)C)sc1C(=O)N1CCNC[C@H]1C.Cl.Cl. The Labute approximate surface area is 143 Å². The standard InChI is InChI=1S/C14H23N3OS.2ClH/c1-9(2)7-12-16-11(4)13(19-12)14(18)17-6-5-15-8-10(17)3;;/h9-10,15H,5-8H2,1-4H3;2*1H/t10-;;/m1../s1. The third kappa shape index (κ3) is 5.09. The zero-order valence-electron chi connectivity index (χ0n) is 13.0. The van der Waals surface area contributed by atoms with Crippen LogP contribution in [0, 0.1) is 12.8 Å². The van der Waals surface area contributed by atoms with Gasteiger partial charge in [0.1, 0.15) is 4.88 Å². The molecule has 1 saturated heterocycles. The number of nitrogens with zero attached hydrogens (tertiary/aromatic N) is 2. The Balaban J connectivity index is 0.00000200. The van der Waals surface area contributed by atoms with Crippen LogP contribution < -0.4 is 5.32 Å². The second-order valence-corrected chi connectivity index (χ2v) is 6.76. The lowest BCUT2D eigenvalue weighted by molar-refractivity contribution is 0.0660. The highest BCUT2D eigenvalue weighted by atomic mass is 35.5. The van der Waals surface area contributed by atoms with Crippen molar-refractivity contribution in [2.24, 2.45) is 5.92 Å². The van der Waals surface area contributed by atoms with Gasteiger partial charge in [0.15, 0.2) is 0 Å². The van der Waals surface area contributed by atoms with E-state index in [0.29, 0.717) is 5.92 Å². The van der Waals surface area contributed by atoms with E-state index >= 15 is 0 Å². The number of nitrogens with one attached hydrogen (secondary N) is 1. The molecule has 4 nitrogen and oxygen atoms in total. The van der Waals surface area contributed by atoms with Gasteiger partial charge < -0.3 is 10.2 Å². The molecule has 1 fully saturated rings. The van der Waals surface area contributed by atoms with E-state index in [1.54, 1.807) is 11.3 Å². The maximum atomic E-state index is 12.6. The van der Waals surface area contributed by atoms with E-state index in [-0.39, 0.29) is 36.8 Å². The van der Waals surface area contributed by atoms with Crippen LogP contribution in [0.5, 0.6) is 0 Å². The largest absolute Gasteiger partial charge is 0.333 e. The lowest BCUT2D eigenvalue weighted by atomic mass is 10.1. The molecule has 1 N–H and O–H groups in total. The quantitative estimate of drug-likeness (QED) is 0.908. The summed E-state index contributed by atoms with van der Waals surface area (Å²) in [5, 5.41) is 4.39. The van der Waals surface area contributed by atoms with Crippen LogP contribution in [0.2, 0.25) is 0 Å². The van der Waals surface area contributed by atoms with Crippen molar-refractivity contribution in [1.29, 1.82) is 0 Å². The van der Waals surface area contributed by atoms with Crippen molar-refractivity contribution in [2.75, 3.05) is 19.6 Å². The van der Waals surface area contributed by atoms with Crippen LogP contribution in [0.1, 0.15) is 41.1 Å². The number of piperazine rings is 1. The predicted octanol–water partition coefficient (Wildman–Crippen LogP) is 2.93. The fourth-order valence-corrected chi connectivity index (χ4v) is 3.59. The molecule has 122 valence electrons. The highest BCUT2D eigenvalue weighted by Gasteiger charge is 2.27. The summed E-state index contributed by atoms with van der Waals surface area (Å²) in [6.45, 7) is 10.9. The van der Waals surface area contributed by atoms with Crippen LogP contribution in [0.25, 0.3) is 0 Å². The molecule has 1 aromatic rings. The van der Waals surface area contributed by atoms with Crippen LogP contribution in [-0.2, 0) is 6.42 Å². The zero-order valence-corrected chi connectivity index (χ0v) is 15.5. The second-order valence-electron chi connectivity index (χ2n) is 5.67. The molecule has 1 amide bonds. The van der Waals surface area contributed by atoms with Crippen LogP contribution in [0.15, 0.2) is 0 Å². The Hall–Kier alpha value is -0.360. The lowest BCUT2D eigenvalue weighted by Crippen LogP contribution is -2.52. The average Bonchev–Trinajstić information content (AvgIpc) is 2.69. The number of hydrogen-bond acceptors (Lipinski definition) is 4. The number of carbonyl (C=O) groups is 1.